The van der Waals surface area contributed by atoms with Gasteiger partial charge in [-0.2, -0.15) is 0 Å². The summed E-state index contributed by atoms with van der Waals surface area (Å²) in [5.74, 6) is 0. The van der Waals surface area contributed by atoms with Gasteiger partial charge in [0.05, 0.1) is 0 Å². The second-order valence-corrected chi connectivity index (χ2v) is 6.16. The quantitative estimate of drug-likeness (QED) is 0.362. The fourth-order valence-electron chi connectivity index (χ4n) is 1.50. The minimum Gasteiger partial charge on any atom is -0.0654 e. The average Bonchev–Trinajstić information content (AvgIpc) is 2.16. The summed E-state index contributed by atoms with van der Waals surface area (Å²) in [4.78, 5) is 0. The predicted molar refractivity (Wildman–Crippen MR) is 69.3 cm³/mol. The molecule has 0 saturated heterocycles. The highest BCUT2D eigenvalue weighted by atomic mass is 79.9. The molecule has 0 N–H and O–H groups in total. The van der Waals surface area contributed by atoms with E-state index in [2.05, 4.69) is 22.4 Å². The van der Waals surface area contributed by atoms with Gasteiger partial charge < -0.3 is 0 Å². The van der Waals surface area contributed by atoms with E-state index in [1.165, 1.54) is 63.9 Å². The summed E-state index contributed by atoms with van der Waals surface area (Å²) in [6, 6.07) is 0. The van der Waals surface area contributed by atoms with E-state index in [0.29, 0.717) is 0 Å². The van der Waals surface area contributed by atoms with Crippen molar-refractivity contribution in [1.82, 2.24) is 0 Å². The smallest absolute Gasteiger partial charge is 0.0255 e. The van der Waals surface area contributed by atoms with Crippen molar-refractivity contribution in [2.45, 2.75) is 64.7 Å². The van der Waals surface area contributed by atoms with Crippen molar-refractivity contribution in [3.05, 3.63) is 0 Å². The van der Waals surface area contributed by atoms with Gasteiger partial charge >= 0.3 is 0 Å². The molecule has 0 fully saturated rings. The molecule has 0 nitrogen and oxygen atoms in total. The van der Waals surface area contributed by atoms with Crippen molar-refractivity contribution in [3.8, 4) is 0 Å². The van der Waals surface area contributed by atoms with Crippen LogP contribution in [0.25, 0.3) is 0 Å². The second-order valence-electron chi connectivity index (χ2n) is 3.71. The molecular formula is C11H24BrP. The predicted octanol–water partition coefficient (Wildman–Crippen LogP) is 5.51. The van der Waals surface area contributed by atoms with E-state index < -0.39 is 0 Å². The van der Waals surface area contributed by atoms with E-state index in [-0.39, 0.29) is 0 Å². The van der Waals surface area contributed by atoms with E-state index in [1.54, 1.807) is 0 Å². The van der Waals surface area contributed by atoms with Gasteiger partial charge in [-0.3, -0.25) is 0 Å². The van der Waals surface area contributed by atoms with Crippen molar-refractivity contribution in [1.29, 1.82) is 0 Å². The third-order valence-electron chi connectivity index (χ3n) is 2.37. The molecule has 0 heterocycles. The molecule has 80 valence electrons. The number of rotatable bonds is 10. The molecule has 2 heteroatoms. The van der Waals surface area contributed by atoms with Gasteiger partial charge in [-0.05, 0) is 12.6 Å². The van der Waals surface area contributed by atoms with E-state index >= 15 is 0 Å². The third kappa shape index (κ3) is 12.9. The van der Waals surface area contributed by atoms with Crippen molar-refractivity contribution in [2.24, 2.45) is 0 Å². The number of hydrogen-bond acceptors (Lipinski definition) is 0. The zero-order chi connectivity index (χ0) is 9.78. The van der Waals surface area contributed by atoms with Crippen molar-refractivity contribution >= 4 is 22.8 Å². The molecule has 0 spiro atoms. The molecule has 1 unspecified atom stereocenters. The van der Waals surface area contributed by atoms with Crippen LogP contribution in [0.1, 0.15) is 64.7 Å². The molecule has 0 aromatic heterocycles. The number of halogens is 1. The second kappa shape index (κ2) is 12.9. The Morgan fingerprint density at radius 3 is 1.69 bits per heavy atom. The zero-order valence-electron chi connectivity index (χ0n) is 8.95. The van der Waals surface area contributed by atoms with Crippen molar-refractivity contribution < 1.29 is 0 Å². The van der Waals surface area contributed by atoms with Gasteiger partial charge in [0, 0.05) is 0 Å². The lowest BCUT2D eigenvalue weighted by Crippen LogP contribution is -1.81. The summed E-state index contributed by atoms with van der Waals surface area (Å²) in [7, 11) is 0.982. The Bertz CT molecular complexity index is 76.2. The maximum absolute atomic E-state index is 3.49. The highest BCUT2D eigenvalue weighted by Crippen LogP contribution is 2.21. The average molecular weight is 267 g/mol. The molecule has 0 amide bonds. The van der Waals surface area contributed by atoms with Crippen LogP contribution in [-0.4, -0.2) is 6.16 Å². The molecule has 0 aromatic carbocycles. The lowest BCUT2D eigenvalue weighted by molar-refractivity contribution is 0.573. The van der Waals surface area contributed by atoms with Crippen LogP contribution in [0.5, 0.6) is 0 Å². The number of unbranched alkanes of at least 4 members (excludes halogenated alkanes) is 8. The molecule has 1 atom stereocenters. The monoisotopic (exact) mass is 266 g/mol. The third-order valence-corrected chi connectivity index (χ3v) is 4.11. The van der Waals surface area contributed by atoms with Crippen LogP contribution in [0.15, 0.2) is 0 Å². The summed E-state index contributed by atoms with van der Waals surface area (Å²) in [5, 5.41) is 0. The Morgan fingerprint density at radius 2 is 1.23 bits per heavy atom. The lowest BCUT2D eigenvalue weighted by atomic mass is 10.1. The highest BCUT2D eigenvalue weighted by Gasteiger charge is 1.91. The molecular weight excluding hydrogens is 243 g/mol. The fourth-order valence-corrected chi connectivity index (χ4v) is 2.73. The normalized spacial score (nSPS) is 11.5. The van der Waals surface area contributed by atoms with Gasteiger partial charge in [-0.1, -0.05) is 81.1 Å². The van der Waals surface area contributed by atoms with Crippen LogP contribution in [0.2, 0.25) is 0 Å². The fraction of sp³-hybridized carbons (Fsp3) is 1.00. The minimum atomic E-state index is 0.982. The van der Waals surface area contributed by atoms with Gasteiger partial charge in [0.2, 0.25) is 0 Å². The summed E-state index contributed by atoms with van der Waals surface area (Å²) < 4.78 is 0. The highest BCUT2D eigenvalue weighted by molar-refractivity contribution is 9.36. The van der Waals surface area contributed by atoms with Gasteiger partial charge in [-0.25, -0.2) is 0 Å². The first-order valence-corrected chi connectivity index (χ1v) is 9.21. The van der Waals surface area contributed by atoms with Crippen LogP contribution in [0.4, 0.5) is 0 Å². The van der Waals surface area contributed by atoms with Crippen LogP contribution < -0.4 is 0 Å². The maximum Gasteiger partial charge on any atom is -0.0255 e. The van der Waals surface area contributed by atoms with Gasteiger partial charge in [0.15, 0.2) is 0 Å². The van der Waals surface area contributed by atoms with Crippen LogP contribution >= 0.6 is 22.8 Å². The molecule has 0 aromatic rings. The lowest BCUT2D eigenvalue weighted by Gasteiger charge is -2.00. The van der Waals surface area contributed by atoms with E-state index in [0.717, 1.165) is 7.28 Å². The summed E-state index contributed by atoms with van der Waals surface area (Å²) >= 11 is 3.49. The molecule has 0 aliphatic carbocycles. The number of hydrogen-bond donors (Lipinski definition) is 0. The van der Waals surface area contributed by atoms with Crippen LogP contribution in [-0.2, 0) is 0 Å². The van der Waals surface area contributed by atoms with Crippen LogP contribution in [0, 0.1) is 0 Å². The molecule has 0 aliphatic heterocycles. The SMILES string of the molecule is CCCCCCCCCCCPBr. The first-order chi connectivity index (χ1) is 6.41. The van der Waals surface area contributed by atoms with E-state index in [1.807, 2.05) is 0 Å². The van der Waals surface area contributed by atoms with Gasteiger partial charge in [0.25, 0.3) is 0 Å². The standard InChI is InChI=1S/C11H24BrP/c1-2-3-4-5-6-7-8-9-10-11-13-12/h13H,2-11H2,1H3. The first-order valence-electron chi connectivity index (χ1n) is 5.75. The summed E-state index contributed by atoms with van der Waals surface area (Å²) in [6.45, 7) is 2.28. The van der Waals surface area contributed by atoms with Crippen LogP contribution in [0.3, 0.4) is 0 Å². The molecule has 0 rings (SSSR count). The molecule has 0 bridgehead atoms. The Morgan fingerprint density at radius 1 is 0.769 bits per heavy atom. The Kier molecular flexibility index (Phi) is 13.8. The molecule has 0 saturated carbocycles. The molecule has 0 radical (unpaired) electrons. The summed E-state index contributed by atoms with van der Waals surface area (Å²) in [6.07, 6.45) is 14.4. The largest absolute Gasteiger partial charge is 0.0654 e. The van der Waals surface area contributed by atoms with Gasteiger partial charge in [0.1, 0.15) is 0 Å². The Labute approximate surface area is 93.8 Å². The Balaban J connectivity index is 2.76. The van der Waals surface area contributed by atoms with E-state index in [9.17, 15) is 0 Å². The van der Waals surface area contributed by atoms with Crippen molar-refractivity contribution in [2.75, 3.05) is 6.16 Å². The van der Waals surface area contributed by atoms with Gasteiger partial charge in [-0.15, -0.1) is 0 Å². The van der Waals surface area contributed by atoms with E-state index in [4.69, 9.17) is 0 Å². The molecule has 0 aliphatic rings. The zero-order valence-corrected chi connectivity index (χ0v) is 11.5. The topological polar surface area (TPSA) is 0 Å². The Hall–Kier alpha value is 0.910. The first kappa shape index (κ1) is 13.9. The summed E-state index contributed by atoms with van der Waals surface area (Å²) in [5.41, 5.74) is 0. The minimum absolute atomic E-state index is 0.982. The maximum atomic E-state index is 3.49. The molecule has 13 heavy (non-hydrogen) atoms. The van der Waals surface area contributed by atoms with Crippen molar-refractivity contribution in [3.63, 3.8) is 0 Å².